The molecule has 0 radical (unpaired) electrons. The highest BCUT2D eigenvalue weighted by Crippen LogP contribution is 2.53. The summed E-state index contributed by atoms with van der Waals surface area (Å²) in [6.07, 6.45) is -6.56. The van der Waals surface area contributed by atoms with Crippen molar-refractivity contribution in [2.24, 2.45) is 0 Å². The number of aromatic amines is 1. The average Bonchev–Trinajstić information content (AvgIpc) is 3.01. The van der Waals surface area contributed by atoms with E-state index in [1.54, 1.807) is 6.92 Å². The summed E-state index contributed by atoms with van der Waals surface area (Å²) in [7, 11) is 0. The summed E-state index contributed by atoms with van der Waals surface area (Å²) in [4.78, 5) is 2.57. The van der Waals surface area contributed by atoms with Gasteiger partial charge in [0.1, 0.15) is 0 Å². The molecule has 0 spiro atoms. The van der Waals surface area contributed by atoms with Gasteiger partial charge in [0.15, 0.2) is 0 Å². The van der Waals surface area contributed by atoms with Gasteiger partial charge in [-0.2, -0.15) is 26.3 Å². The van der Waals surface area contributed by atoms with Crippen LogP contribution in [0.25, 0.3) is 10.9 Å². The summed E-state index contributed by atoms with van der Waals surface area (Å²) in [5, 5.41) is 9.43. The molecule has 0 saturated carbocycles. The molecule has 0 saturated heterocycles. The molecule has 0 unspecified atom stereocenters. The second kappa shape index (κ2) is 10.7. The van der Waals surface area contributed by atoms with E-state index >= 15 is 0 Å². The van der Waals surface area contributed by atoms with E-state index in [0.717, 1.165) is 23.6 Å². The van der Waals surface area contributed by atoms with Crippen LogP contribution in [0.1, 0.15) is 44.9 Å². The number of hydrogen-bond acceptors (Lipinski definition) is 1. The minimum absolute atomic E-state index is 0.0594. The zero-order valence-electron chi connectivity index (χ0n) is 18.0. The van der Waals surface area contributed by atoms with Crippen LogP contribution in [0.15, 0.2) is 59.1 Å². The molecule has 32 heavy (non-hydrogen) atoms. The van der Waals surface area contributed by atoms with Crippen LogP contribution >= 0.6 is 15.9 Å². The highest BCUT2D eigenvalue weighted by atomic mass is 79.9. The third kappa shape index (κ3) is 6.28. The minimum atomic E-state index is -5.91. The Balaban J connectivity index is 0.000000482. The van der Waals surface area contributed by atoms with Crippen LogP contribution in [0.4, 0.5) is 26.3 Å². The lowest BCUT2D eigenvalue weighted by Crippen LogP contribution is -2.54. The van der Waals surface area contributed by atoms with Gasteiger partial charge in [0.2, 0.25) is 0 Å². The van der Waals surface area contributed by atoms with Gasteiger partial charge in [-0.25, -0.2) is 0 Å². The number of alkyl halides is 6. The van der Waals surface area contributed by atoms with Crippen molar-refractivity contribution in [2.75, 3.05) is 0 Å². The molecule has 0 aliphatic carbocycles. The van der Waals surface area contributed by atoms with E-state index in [-0.39, 0.29) is 23.0 Å². The summed E-state index contributed by atoms with van der Waals surface area (Å²) in [5.74, 6) is 0. The Morgan fingerprint density at radius 3 is 2.06 bits per heavy atom. The number of nitrogens with one attached hydrogen (secondary N) is 1. The van der Waals surface area contributed by atoms with Crippen molar-refractivity contribution in [3.63, 3.8) is 0 Å². The predicted octanol–water partition coefficient (Wildman–Crippen LogP) is 8.28. The molecule has 2 nitrogen and oxygen atoms in total. The predicted molar refractivity (Wildman–Crippen MR) is 119 cm³/mol. The Bertz CT molecular complexity index is 971. The van der Waals surface area contributed by atoms with Gasteiger partial charge >= 0.3 is 12.4 Å². The monoisotopic (exact) mass is 525 g/mol. The molecule has 0 bridgehead atoms. The summed E-state index contributed by atoms with van der Waals surface area (Å²) in [5.41, 5.74) is -4.08. The molecule has 0 amide bonds. The molecule has 9 heteroatoms. The van der Waals surface area contributed by atoms with Crippen LogP contribution in [0, 0.1) is 0 Å². The number of aryl methyl sites for hydroxylation is 1. The Labute approximate surface area is 191 Å². The highest BCUT2D eigenvalue weighted by Gasteiger charge is 2.72. The van der Waals surface area contributed by atoms with E-state index in [0.29, 0.717) is 10.9 Å². The molecule has 1 aromatic carbocycles. The number of benzene rings is 1. The van der Waals surface area contributed by atoms with E-state index in [1.807, 2.05) is 19.1 Å². The maximum Gasteiger partial charge on any atom is 0.430 e. The maximum atomic E-state index is 13.2. The molecule has 0 fully saturated rings. The molecular formula is C23H26BrF6NO. The van der Waals surface area contributed by atoms with Gasteiger partial charge in [0, 0.05) is 26.6 Å². The lowest BCUT2D eigenvalue weighted by molar-refractivity contribution is -0.375. The number of fused-ring (bicyclic) bond motifs is 1. The number of hydrogen-bond donors (Lipinski definition) is 2. The van der Waals surface area contributed by atoms with Gasteiger partial charge < -0.3 is 10.1 Å². The van der Waals surface area contributed by atoms with Gasteiger partial charge in [0.05, 0.1) is 0 Å². The molecular weight excluding hydrogens is 500 g/mol. The third-order valence-corrected chi connectivity index (χ3v) is 5.07. The zero-order valence-corrected chi connectivity index (χ0v) is 19.6. The molecule has 178 valence electrons. The van der Waals surface area contributed by atoms with E-state index in [2.05, 4.69) is 41.0 Å². The SMILES string of the molecule is C=C(C)/C=C\C(=C)CC.CCCc1[nH]c2cc(Br)ccc2c1C(O)(C(F)(F)F)C(F)(F)F. The highest BCUT2D eigenvalue weighted by molar-refractivity contribution is 9.10. The van der Waals surface area contributed by atoms with Crippen molar-refractivity contribution in [1.29, 1.82) is 0 Å². The summed E-state index contributed by atoms with van der Waals surface area (Å²) in [6.45, 7) is 13.2. The van der Waals surface area contributed by atoms with Crippen molar-refractivity contribution < 1.29 is 31.4 Å². The van der Waals surface area contributed by atoms with Gasteiger partial charge in [-0.1, -0.05) is 78.7 Å². The molecule has 0 atom stereocenters. The number of H-pyrrole nitrogens is 1. The molecule has 1 heterocycles. The fraction of sp³-hybridized carbons (Fsp3) is 0.391. The van der Waals surface area contributed by atoms with Crippen LogP contribution in [-0.2, 0) is 12.0 Å². The van der Waals surface area contributed by atoms with Crippen LogP contribution in [0.3, 0.4) is 0 Å². The van der Waals surface area contributed by atoms with Crippen LogP contribution in [0.2, 0.25) is 0 Å². The smallest absolute Gasteiger partial charge is 0.369 e. The van der Waals surface area contributed by atoms with Crippen LogP contribution in [0.5, 0.6) is 0 Å². The lowest BCUT2D eigenvalue weighted by Gasteiger charge is -2.33. The van der Waals surface area contributed by atoms with Crippen molar-refractivity contribution in [3.8, 4) is 0 Å². The summed E-state index contributed by atoms with van der Waals surface area (Å²) >= 11 is 3.11. The van der Waals surface area contributed by atoms with Gasteiger partial charge in [-0.15, -0.1) is 0 Å². The quantitative estimate of drug-likeness (QED) is 0.289. The van der Waals surface area contributed by atoms with Gasteiger partial charge in [-0.3, -0.25) is 0 Å². The molecule has 2 aromatic rings. The number of aromatic nitrogens is 1. The Morgan fingerprint density at radius 2 is 1.62 bits per heavy atom. The summed E-state index contributed by atoms with van der Waals surface area (Å²) in [6, 6.07) is 3.81. The Kier molecular flexibility index (Phi) is 9.41. The summed E-state index contributed by atoms with van der Waals surface area (Å²) < 4.78 is 79.7. The second-order valence-electron chi connectivity index (χ2n) is 7.32. The standard InChI is InChI=1S/C14H12BrF6NO.C9H14/c1-2-3-9-11(8-5-4-7(15)6-10(8)22-9)12(23,13(16,17)18)14(19,20)21;1-5-9(4)7-6-8(2)3/h4-6,22-23H,2-3H2,1H3;6-7H,2,4-5H2,1,3H3/b;7-6-. The van der Waals surface area contributed by atoms with E-state index in [4.69, 9.17) is 0 Å². The largest absolute Gasteiger partial charge is 0.430 e. The average molecular weight is 526 g/mol. The first-order valence-electron chi connectivity index (χ1n) is 9.77. The number of aliphatic hydroxyl groups is 1. The molecule has 0 aliphatic rings. The van der Waals surface area contributed by atoms with Crippen molar-refractivity contribution in [2.45, 2.75) is 58.0 Å². The van der Waals surface area contributed by atoms with Gasteiger partial charge in [-0.05, 0) is 31.9 Å². The second-order valence-corrected chi connectivity index (χ2v) is 8.23. The first-order valence-corrected chi connectivity index (χ1v) is 10.6. The molecule has 2 rings (SSSR count). The van der Waals surface area contributed by atoms with Crippen LogP contribution < -0.4 is 0 Å². The normalized spacial score (nSPS) is 12.7. The zero-order chi connectivity index (χ0) is 24.9. The molecule has 2 N–H and O–H groups in total. The van der Waals surface area contributed by atoms with Crippen LogP contribution in [-0.4, -0.2) is 22.4 Å². The topological polar surface area (TPSA) is 36.0 Å². The van der Waals surface area contributed by atoms with Crippen molar-refractivity contribution in [3.05, 3.63) is 70.4 Å². The van der Waals surface area contributed by atoms with E-state index in [1.165, 1.54) is 12.1 Å². The Hall–Kier alpha value is -2.00. The minimum Gasteiger partial charge on any atom is -0.369 e. The van der Waals surface area contributed by atoms with E-state index < -0.39 is 23.5 Å². The van der Waals surface area contributed by atoms with Gasteiger partial charge in [0.25, 0.3) is 5.60 Å². The number of halogens is 7. The van der Waals surface area contributed by atoms with Crippen molar-refractivity contribution >= 4 is 26.8 Å². The molecule has 0 aliphatic heterocycles. The molecule has 1 aromatic heterocycles. The Morgan fingerprint density at radius 1 is 1.06 bits per heavy atom. The van der Waals surface area contributed by atoms with E-state index in [9.17, 15) is 31.4 Å². The number of allylic oxidation sites excluding steroid dienone is 4. The maximum absolute atomic E-state index is 13.2. The fourth-order valence-corrected chi connectivity index (χ4v) is 3.26. The van der Waals surface area contributed by atoms with Crippen molar-refractivity contribution in [1.82, 2.24) is 4.98 Å². The first-order chi connectivity index (χ1) is 14.6. The third-order valence-electron chi connectivity index (χ3n) is 4.58. The fourth-order valence-electron chi connectivity index (χ4n) is 2.90. The number of rotatable bonds is 6. The lowest BCUT2D eigenvalue weighted by atomic mass is 9.88. The first kappa shape index (κ1) is 28.0.